The Balaban J connectivity index is 1.18. The molecule has 8 nitrogen and oxygen atoms in total. The maximum absolute atomic E-state index is 15.2. The SMILES string of the molecule is O=C1CCC(N2Cc3cc(C(=O)N4CCN(C(c5ccc(F)cc5)c5ccc(F)cc5)CC4)cc(F)c3C2=O)C(=O)N1. The van der Waals surface area contributed by atoms with Crippen LogP contribution < -0.4 is 5.32 Å². The Labute approximate surface area is 239 Å². The van der Waals surface area contributed by atoms with E-state index in [-0.39, 0.29) is 54.1 Å². The zero-order valence-corrected chi connectivity index (χ0v) is 22.5. The Morgan fingerprint density at radius 1 is 0.833 bits per heavy atom. The van der Waals surface area contributed by atoms with Gasteiger partial charge in [0.1, 0.15) is 23.5 Å². The number of amides is 4. The van der Waals surface area contributed by atoms with Crippen LogP contribution in [0.25, 0.3) is 0 Å². The highest BCUT2D eigenvalue weighted by molar-refractivity contribution is 6.06. The van der Waals surface area contributed by atoms with Crippen molar-refractivity contribution in [2.24, 2.45) is 0 Å². The molecule has 0 aliphatic carbocycles. The van der Waals surface area contributed by atoms with Crippen LogP contribution in [-0.4, -0.2) is 70.5 Å². The van der Waals surface area contributed by atoms with Crippen molar-refractivity contribution in [2.75, 3.05) is 26.2 Å². The van der Waals surface area contributed by atoms with Gasteiger partial charge in [-0.3, -0.25) is 29.4 Å². The monoisotopic (exact) mass is 576 g/mol. The molecule has 11 heteroatoms. The van der Waals surface area contributed by atoms with E-state index in [0.717, 1.165) is 17.2 Å². The number of nitrogens with zero attached hydrogens (tertiary/aromatic N) is 3. The standard InChI is InChI=1S/C31H27F3N4O4/c32-22-5-1-18(2-6-22)28(19-3-7-23(33)8-4-19)36-11-13-37(14-12-36)30(41)20-15-21-17-38(31(42)27(21)24(34)16-20)25-9-10-26(39)35-29(25)40/h1-8,15-16,25,28H,9-14,17H2,(H,35,39,40). The lowest BCUT2D eigenvalue weighted by atomic mass is 9.96. The van der Waals surface area contributed by atoms with Crippen molar-refractivity contribution in [3.05, 3.63) is 106 Å². The number of imide groups is 1. The number of carbonyl (C=O) groups is 4. The number of piperidine rings is 1. The first-order valence-corrected chi connectivity index (χ1v) is 13.7. The van der Waals surface area contributed by atoms with Crippen molar-refractivity contribution >= 4 is 23.6 Å². The number of hydrogen-bond donors (Lipinski definition) is 1. The summed E-state index contributed by atoms with van der Waals surface area (Å²) >= 11 is 0. The summed E-state index contributed by atoms with van der Waals surface area (Å²) in [5, 5.41) is 2.21. The summed E-state index contributed by atoms with van der Waals surface area (Å²) in [5.74, 6) is -3.60. The van der Waals surface area contributed by atoms with Crippen LogP contribution in [0.4, 0.5) is 13.2 Å². The van der Waals surface area contributed by atoms with Crippen molar-refractivity contribution < 1.29 is 32.3 Å². The zero-order chi connectivity index (χ0) is 29.5. The van der Waals surface area contributed by atoms with Gasteiger partial charge in [0, 0.05) is 44.7 Å². The maximum atomic E-state index is 15.2. The Morgan fingerprint density at radius 3 is 2.00 bits per heavy atom. The number of carbonyl (C=O) groups excluding carboxylic acids is 4. The van der Waals surface area contributed by atoms with Gasteiger partial charge in [0.25, 0.3) is 11.8 Å². The molecule has 42 heavy (non-hydrogen) atoms. The van der Waals surface area contributed by atoms with Gasteiger partial charge >= 0.3 is 0 Å². The highest BCUT2D eigenvalue weighted by Gasteiger charge is 2.41. The highest BCUT2D eigenvalue weighted by Crippen LogP contribution is 2.32. The van der Waals surface area contributed by atoms with E-state index in [4.69, 9.17) is 0 Å². The number of benzene rings is 3. The summed E-state index contributed by atoms with van der Waals surface area (Å²) in [6.45, 7) is 1.54. The average Bonchev–Trinajstić information content (AvgIpc) is 3.31. The second-order valence-electron chi connectivity index (χ2n) is 10.7. The minimum Gasteiger partial charge on any atom is -0.336 e. The minimum atomic E-state index is -0.885. The Morgan fingerprint density at radius 2 is 1.43 bits per heavy atom. The number of piperazine rings is 1. The molecule has 0 bridgehead atoms. The topological polar surface area (TPSA) is 90.0 Å². The van der Waals surface area contributed by atoms with Crippen LogP contribution in [0.3, 0.4) is 0 Å². The van der Waals surface area contributed by atoms with Crippen molar-refractivity contribution in [2.45, 2.75) is 31.5 Å². The van der Waals surface area contributed by atoms with E-state index >= 15 is 4.39 Å². The average molecular weight is 577 g/mol. The molecule has 6 rings (SSSR count). The van der Waals surface area contributed by atoms with Gasteiger partial charge in [-0.15, -0.1) is 0 Å². The van der Waals surface area contributed by atoms with Gasteiger partial charge < -0.3 is 9.80 Å². The van der Waals surface area contributed by atoms with Gasteiger partial charge in [-0.25, -0.2) is 13.2 Å². The van der Waals surface area contributed by atoms with Crippen molar-refractivity contribution in [1.82, 2.24) is 20.0 Å². The van der Waals surface area contributed by atoms with Crippen LogP contribution in [0.1, 0.15) is 56.3 Å². The highest BCUT2D eigenvalue weighted by atomic mass is 19.1. The third-order valence-corrected chi connectivity index (χ3v) is 8.16. The molecule has 0 radical (unpaired) electrons. The smallest absolute Gasteiger partial charge is 0.258 e. The van der Waals surface area contributed by atoms with Crippen molar-refractivity contribution in [3.8, 4) is 0 Å². The van der Waals surface area contributed by atoms with Gasteiger partial charge in [-0.05, 0) is 59.5 Å². The van der Waals surface area contributed by atoms with Gasteiger partial charge in [0.05, 0.1) is 11.6 Å². The van der Waals surface area contributed by atoms with E-state index in [2.05, 4.69) is 10.2 Å². The minimum absolute atomic E-state index is 0.0384. The Bertz CT molecular complexity index is 1520. The second-order valence-corrected chi connectivity index (χ2v) is 10.7. The van der Waals surface area contributed by atoms with Crippen LogP contribution in [0.5, 0.6) is 0 Å². The maximum Gasteiger partial charge on any atom is 0.258 e. The molecular formula is C31H27F3N4O4. The molecule has 0 spiro atoms. The fourth-order valence-corrected chi connectivity index (χ4v) is 6.05. The lowest BCUT2D eigenvalue weighted by Crippen LogP contribution is -2.52. The van der Waals surface area contributed by atoms with Gasteiger partial charge in [-0.1, -0.05) is 24.3 Å². The zero-order valence-electron chi connectivity index (χ0n) is 22.5. The van der Waals surface area contributed by atoms with E-state index in [1.165, 1.54) is 35.2 Å². The molecule has 1 N–H and O–H groups in total. The summed E-state index contributed by atoms with van der Waals surface area (Å²) in [5.41, 5.74) is 1.91. The molecule has 216 valence electrons. The molecule has 1 atom stereocenters. The quantitative estimate of drug-likeness (QED) is 0.471. The lowest BCUT2D eigenvalue weighted by Gasteiger charge is -2.40. The summed E-state index contributed by atoms with van der Waals surface area (Å²) < 4.78 is 42.5. The number of nitrogens with one attached hydrogen (secondary N) is 1. The predicted octanol–water partition coefficient (Wildman–Crippen LogP) is 3.41. The molecule has 1 unspecified atom stereocenters. The first-order chi connectivity index (χ1) is 20.2. The normalized spacial score (nSPS) is 19.3. The molecule has 4 amide bonds. The van der Waals surface area contributed by atoms with E-state index in [1.54, 1.807) is 29.2 Å². The third kappa shape index (κ3) is 5.16. The molecule has 3 aliphatic heterocycles. The summed E-state index contributed by atoms with van der Waals surface area (Å²) in [6.07, 6.45) is 0.233. The number of halogens is 3. The van der Waals surface area contributed by atoms with Crippen LogP contribution in [0, 0.1) is 17.5 Å². The molecule has 3 aromatic carbocycles. The molecule has 2 saturated heterocycles. The molecule has 3 aromatic rings. The van der Waals surface area contributed by atoms with Gasteiger partial charge in [0.2, 0.25) is 11.8 Å². The molecule has 0 aromatic heterocycles. The van der Waals surface area contributed by atoms with Gasteiger partial charge in [0.15, 0.2) is 0 Å². The van der Waals surface area contributed by atoms with Crippen LogP contribution in [-0.2, 0) is 16.1 Å². The van der Waals surface area contributed by atoms with Crippen LogP contribution >= 0.6 is 0 Å². The fraction of sp³-hybridized carbons (Fsp3) is 0.290. The summed E-state index contributed by atoms with van der Waals surface area (Å²) in [7, 11) is 0. The largest absolute Gasteiger partial charge is 0.336 e. The predicted molar refractivity (Wildman–Crippen MR) is 145 cm³/mol. The summed E-state index contributed by atoms with van der Waals surface area (Å²) in [4.78, 5) is 55.3. The third-order valence-electron chi connectivity index (χ3n) is 8.16. The van der Waals surface area contributed by atoms with Crippen LogP contribution in [0.2, 0.25) is 0 Å². The van der Waals surface area contributed by atoms with E-state index in [1.807, 2.05) is 0 Å². The molecular weight excluding hydrogens is 549 g/mol. The molecule has 3 heterocycles. The van der Waals surface area contributed by atoms with Crippen molar-refractivity contribution in [1.29, 1.82) is 0 Å². The Kier molecular flexibility index (Phi) is 7.28. The van der Waals surface area contributed by atoms with E-state index < -0.39 is 29.6 Å². The molecule has 3 aliphatic rings. The number of rotatable bonds is 5. The fourth-order valence-electron chi connectivity index (χ4n) is 6.05. The lowest BCUT2D eigenvalue weighted by molar-refractivity contribution is -0.136. The number of fused-ring (bicyclic) bond motifs is 1. The summed E-state index contributed by atoms with van der Waals surface area (Å²) in [6, 6.07) is 13.6. The van der Waals surface area contributed by atoms with E-state index in [9.17, 15) is 28.0 Å². The van der Waals surface area contributed by atoms with Gasteiger partial charge in [-0.2, -0.15) is 0 Å². The Hall–Kier alpha value is -4.51. The molecule has 0 saturated carbocycles. The van der Waals surface area contributed by atoms with Crippen LogP contribution in [0.15, 0.2) is 60.7 Å². The van der Waals surface area contributed by atoms with Crippen molar-refractivity contribution in [3.63, 3.8) is 0 Å². The number of hydrogen-bond acceptors (Lipinski definition) is 5. The second kappa shape index (κ2) is 11.1. The first-order valence-electron chi connectivity index (χ1n) is 13.7. The van der Waals surface area contributed by atoms with E-state index in [0.29, 0.717) is 31.7 Å². The first kappa shape index (κ1) is 27.6. The molecule has 2 fully saturated rings.